The maximum Gasteiger partial charge on any atom is 0.274 e. The van der Waals surface area contributed by atoms with Crippen LogP contribution in [0.3, 0.4) is 0 Å². The highest BCUT2D eigenvalue weighted by Crippen LogP contribution is 2.23. The molecule has 2 fully saturated rings. The highest BCUT2D eigenvalue weighted by molar-refractivity contribution is 5.92. The molecule has 4 N–H and O–H groups in total. The number of primary amides is 1. The van der Waals surface area contributed by atoms with E-state index in [0.717, 1.165) is 37.9 Å². The summed E-state index contributed by atoms with van der Waals surface area (Å²) in [5, 5.41) is 9.25. The van der Waals surface area contributed by atoms with Crippen molar-refractivity contribution in [1.82, 2.24) is 25.3 Å². The molecule has 1 saturated heterocycles. The SMILES string of the molecule is Cc1cc(C(=O)N2CCN(C3CCCCC3)CC2)n[nH]1.NC(=O)C(NC=O)c1ccccc1. The quantitative estimate of drug-likeness (QED) is 0.574. The molecule has 4 rings (SSSR count). The second-order valence-electron chi connectivity index (χ2n) is 8.59. The molecule has 9 heteroatoms. The lowest BCUT2D eigenvalue weighted by Crippen LogP contribution is -2.52. The Morgan fingerprint density at radius 2 is 1.79 bits per heavy atom. The van der Waals surface area contributed by atoms with E-state index in [1.54, 1.807) is 24.3 Å². The van der Waals surface area contributed by atoms with Crippen LogP contribution in [0.2, 0.25) is 0 Å². The van der Waals surface area contributed by atoms with Gasteiger partial charge in [-0.3, -0.25) is 24.4 Å². The lowest BCUT2D eigenvalue weighted by atomic mass is 9.94. The molecular formula is C24H34N6O3. The minimum absolute atomic E-state index is 0.0673. The molecule has 1 aromatic carbocycles. The van der Waals surface area contributed by atoms with Gasteiger partial charge in [-0.25, -0.2) is 0 Å². The van der Waals surface area contributed by atoms with Crippen LogP contribution in [-0.4, -0.2) is 70.4 Å². The van der Waals surface area contributed by atoms with Crippen LogP contribution in [0.15, 0.2) is 36.4 Å². The second kappa shape index (κ2) is 12.2. The molecule has 1 aliphatic carbocycles. The summed E-state index contributed by atoms with van der Waals surface area (Å²) in [4.78, 5) is 37.9. The van der Waals surface area contributed by atoms with Crippen LogP contribution in [0.4, 0.5) is 0 Å². The molecule has 0 bridgehead atoms. The number of rotatable bonds is 6. The van der Waals surface area contributed by atoms with Gasteiger partial charge in [-0.15, -0.1) is 0 Å². The Bertz CT molecular complexity index is 902. The molecule has 0 spiro atoms. The fourth-order valence-electron chi connectivity index (χ4n) is 4.48. The first-order valence-electron chi connectivity index (χ1n) is 11.6. The Morgan fingerprint density at radius 3 is 2.33 bits per heavy atom. The van der Waals surface area contributed by atoms with Gasteiger partial charge in [-0.05, 0) is 31.4 Å². The normalized spacial score (nSPS) is 18.0. The van der Waals surface area contributed by atoms with E-state index >= 15 is 0 Å². The molecule has 1 aliphatic heterocycles. The van der Waals surface area contributed by atoms with Crippen molar-refractivity contribution in [3.8, 4) is 0 Å². The zero-order valence-electron chi connectivity index (χ0n) is 19.2. The number of aromatic nitrogens is 2. The standard InChI is InChI=1S/C15H24N4O.C9H10N2O2/c1-12-11-14(17-16-12)15(20)19-9-7-18(8-10-19)13-5-3-2-4-6-13;10-9(13)8(11-6-12)7-4-2-1-3-5-7/h11,13H,2-10H2,1H3,(H,16,17);1-6,8H,(H2,10,13)(H,11,12). The van der Waals surface area contributed by atoms with Crippen LogP contribution in [-0.2, 0) is 9.59 Å². The highest BCUT2D eigenvalue weighted by atomic mass is 16.2. The predicted octanol–water partition coefficient (Wildman–Crippen LogP) is 1.77. The van der Waals surface area contributed by atoms with Gasteiger partial charge in [0, 0.05) is 37.9 Å². The molecular weight excluding hydrogens is 420 g/mol. The van der Waals surface area contributed by atoms with E-state index in [0.29, 0.717) is 17.7 Å². The second-order valence-corrected chi connectivity index (χ2v) is 8.59. The molecule has 33 heavy (non-hydrogen) atoms. The Kier molecular flexibility index (Phi) is 9.00. The van der Waals surface area contributed by atoms with E-state index in [4.69, 9.17) is 5.73 Å². The summed E-state index contributed by atoms with van der Waals surface area (Å²) in [6.07, 6.45) is 7.28. The van der Waals surface area contributed by atoms with Crippen molar-refractivity contribution in [1.29, 1.82) is 0 Å². The van der Waals surface area contributed by atoms with Crippen molar-refractivity contribution in [2.75, 3.05) is 26.2 Å². The number of benzene rings is 1. The molecule has 3 amide bonds. The first-order valence-corrected chi connectivity index (χ1v) is 11.6. The van der Waals surface area contributed by atoms with Crippen LogP contribution in [0.5, 0.6) is 0 Å². The number of carbonyl (C=O) groups excluding carboxylic acids is 3. The molecule has 1 unspecified atom stereocenters. The van der Waals surface area contributed by atoms with Crippen LogP contribution in [0, 0.1) is 6.92 Å². The fourth-order valence-corrected chi connectivity index (χ4v) is 4.48. The van der Waals surface area contributed by atoms with Gasteiger partial charge < -0.3 is 16.0 Å². The van der Waals surface area contributed by atoms with E-state index in [1.165, 1.54) is 32.1 Å². The van der Waals surface area contributed by atoms with Crippen molar-refractivity contribution in [3.63, 3.8) is 0 Å². The van der Waals surface area contributed by atoms with E-state index < -0.39 is 11.9 Å². The van der Waals surface area contributed by atoms with Crippen LogP contribution < -0.4 is 11.1 Å². The van der Waals surface area contributed by atoms with E-state index in [2.05, 4.69) is 20.4 Å². The summed E-state index contributed by atoms with van der Waals surface area (Å²) >= 11 is 0. The number of nitrogens with one attached hydrogen (secondary N) is 2. The number of H-pyrrole nitrogens is 1. The van der Waals surface area contributed by atoms with Gasteiger partial charge in [-0.1, -0.05) is 49.6 Å². The third-order valence-electron chi connectivity index (χ3n) is 6.27. The minimum Gasteiger partial charge on any atom is -0.368 e. The number of aromatic amines is 1. The molecule has 1 saturated carbocycles. The summed E-state index contributed by atoms with van der Waals surface area (Å²) in [6, 6.07) is 10.7. The van der Waals surface area contributed by atoms with Gasteiger partial charge in [0.15, 0.2) is 0 Å². The van der Waals surface area contributed by atoms with Crippen molar-refractivity contribution < 1.29 is 14.4 Å². The largest absolute Gasteiger partial charge is 0.368 e. The maximum absolute atomic E-state index is 12.3. The lowest BCUT2D eigenvalue weighted by molar-refractivity contribution is -0.122. The maximum atomic E-state index is 12.3. The number of aryl methyl sites for hydroxylation is 1. The third kappa shape index (κ3) is 6.89. The first-order chi connectivity index (χ1) is 16.0. The van der Waals surface area contributed by atoms with Crippen LogP contribution in [0.25, 0.3) is 0 Å². The number of carbonyl (C=O) groups is 3. The zero-order valence-corrected chi connectivity index (χ0v) is 19.2. The van der Waals surface area contributed by atoms with Gasteiger partial charge in [0.1, 0.15) is 11.7 Å². The number of piperazine rings is 1. The Hall–Kier alpha value is -3.20. The molecule has 0 radical (unpaired) electrons. The third-order valence-corrected chi connectivity index (χ3v) is 6.27. The van der Waals surface area contributed by atoms with Crippen molar-refractivity contribution in [2.24, 2.45) is 5.73 Å². The minimum atomic E-state index is -0.737. The van der Waals surface area contributed by atoms with Gasteiger partial charge in [0.05, 0.1) is 0 Å². The molecule has 2 aromatic rings. The highest BCUT2D eigenvalue weighted by Gasteiger charge is 2.28. The van der Waals surface area contributed by atoms with Crippen LogP contribution >= 0.6 is 0 Å². The fraction of sp³-hybridized carbons (Fsp3) is 0.500. The Balaban J connectivity index is 0.000000205. The summed E-state index contributed by atoms with van der Waals surface area (Å²) < 4.78 is 0. The summed E-state index contributed by atoms with van der Waals surface area (Å²) in [5.74, 6) is -0.504. The average molecular weight is 455 g/mol. The molecule has 178 valence electrons. The average Bonchev–Trinajstić information content (AvgIpc) is 3.30. The Labute approximate surface area is 194 Å². The number of nitrogens with two attached hydrogens (primary N) is 1. The summed E-state index contributed by atoms with van der Waals surface area (Å²) in [5.41, 5.74) is 7.27. The van der Waals surface area contributed by atoms with Gasteiger partial charge in [0.2, 0.25) is 12.3 Å². The smallest absolute Gasteiger partial charge is 0.274 e. The first kappa shape index (κ1) is 24.4. The number of hydrogen-bond donors (Lipinski definition) is 3. The van der Waals surface area contributed by atoms with Gasteiger partial charge >= 0.3 is 0 Å². The predicted molar refractivity (Wildman–Crippen MR) is 125 cm³/mol. The number of hydrogen-bond acceptors (Lipinski definition) is 5. The number of nitrogens with zero attached hydrogens (tertiary/aromatic N) is 3. The number of amides is 3. The van der Waals surface area contributed by atoms with Crippen molar-refractivity contribution in [3.05, 3.63) is 53.3 Å². The molecule has 1 atom stereocenters. The summed E-state index contributed by atoms with van der Waals surface area (Å²) in [7, 11) is 0. The van der Waals surface area contributed by atoms with E-state index in [9.17, 15) is 14.4 Å². The topological polar surface area (TPSA) is 124 Å². The monoisotopic (exact) mass is 454 g/mol. The Morgan fingerprint density at radius 1 is 1.12 bits per heavy atom. The molecule has 2 aliphatic rings. The van der Waals surface area contributed by atoms with Gasteiger partial charge in [0.25, 0.3) is 5.91 Å². The summed E-state index contributed by atoms with van der Waals surface area (Å²) in [6.45, 7) is 5.62. The zero-order chi connectivity index (χ0) is 23.6. The molecule has 2 heterocycles. The van der Waals surface area contributed by atoms with Crippen molar-refractivity contribution >= 4 is 18.2 Å². The van der Waals surface area contributed by atoms with E-state index in [-0.39, 0.29) is 5.91 Å². The van der Waals surface area contributed by atoms with E-state index in [1.807, 2.05) is 24.0 Å². The molecule has 1 aromatic heterocycles. The van der Waals surface area contributed by atoms with Crippen molar-refractivity contribution in [2.45, 2.75) is 51.1 Å². The molecule has 9 nitrogen and oxygen atoms in total. The van der Waals surface area contributed by atoms with Crippen LogP contribution in [0.1, 0.15) is 59.9 Å². The lowest BCUT2D eigenvalue weighted by Gasteiger charge is -2.40. The van der Waals surface area contributed by atoms with Gasteiger partial charge in [-0.2, -0.15) is 5.10 Å².